The molecule has 0 saturated carbocycles. The number of nitriles is 1. The molecule has 1 fully saturated rings. The summed E-state index contributed by atoms with van der Waals surface area (Å²) in [5.74, 6) is 0. The van der Waals surface area contributed by atoms with Crippen molar-refractivity contribution >= 4 is 6.01 Å². The van der Waals surface area contributed by atoms with Gasteiger partial charge in [0, 0.05) is 0 Å². The molecule has 0 aromatic carbocycles. The molecule has 0 spiro atoms. The Labute approximate surface area is 92.3 Å². The minimum Gasteiger partial charge on any atom is -0.422 e. The van der Waals surface area contributed by atoms with Crippen molar-refractivity contribution in [3.05, 3.63) is 5.41 Å². The first-order chi connectivity index (χ1) is 7.18. The highest BCUT2D eigenvalue weighted by Gasteiger charge is 2.22. The summed E-state index contributed by atoms with van der Waals surface area (Å²) in [5.41, 5.74) is 0. The number of rotatable bonds is 2. The average Bonchev–Trinajstić information content (AvgIpc) is 2.21. The van der Waals surface area contributed by atoms with Gasteiger partial charge in [0.15, 0.2) is 0 Å². The van der Waals surface area contributed by atoms with Gasteiger partial charge in [-0.3, -0.25) is 0 Å². The van der Waals surface area contributed by atoms with Gasteiger partial charge in [-0.1, -0.05) is 6.92 Å². The van der Waals surface area contributed by atoms with Gasteiger partial charge in [0.1, 0.15) is 0 Å². The molecule has 0 bridgehead atoms. The smallest absolute Gasteiger partial charge is 0.0925 e. The van der Waals surface area contributed by atoms with Crippen molar-refractivity contribution in [2.75, 3.05) is 26.7 Å². The lowest BCUT2D eigenvalue weighted by Crippen LogP contribution is -2.48. The SMILES string of the molecule is CCC[N+]1(C)CCCCC1.N#CN=C=[N-]. The summed E-state index contributed by atoms with van der Waals surface area (Å²) >= 11 is 0. The Morgan fingerprint density at radius 2 is 1.93 bits per heavy atom. The minimum atomic E-state index is 1.28. The molecule has 4 nitrogen and oxygen atoms in total. The lowest BCUT2D eigenvalue weighted by atomic mass is 10.1. The monoisotopic (exact) mass is 208 g/mol. The summed E-state index contributed by atoms with van der Waals surface area (Å²) in [6, 6.07) is 1.28. The molecule has 4 heteroatoms. The van der Waals surface area contributed by atoms with E-state index in [9.17, 15) is 0 Å². The average molecular weight is 208 g/mol. The van der Waals surface area contributed by atoms with Gasteiger partial charge >= 0.3 is 0 Å². The molecule has 0 radical (unpaired) electrons. The minimum absolute atomic E-state index is 1.28. The molecule has 0 unspecified atom stereocenters. The normalized spacial score (nSPS) is 17.7. The van der Waals surface area contributed by atoms with Crippen molar-refractivity contribution in [2.24, 2.45) is 4.99 Å². The van der Waals surface area contributed by atoms with E-state index in [0.717, 1.165) is 0 Å². The maximum Gasteiger partial charge on any atom is 0.0925 e. The van der Waals surface area contributed by atoms with Crippen molar-refractivity contribution in [1.82, 2.24) is 0 Å². The second kappa shape index (κ2) is 8.16. The fraction of sp³-hybridized carbons (Fsp3) is 0.818. The van der Waals surface area contributed by atoms with Gasteiger partial charge in [0.05, 0.1) is 32.9 Å². The highest BCUT2D eigenvalue weighted by Crippen LogP contribution is 2.15. The van der Waals surface area contributed by atoms with E-state index in [4.69, 9.17) is 10.7 Å². The maximum absolute atomic E-state index is 7.43. The fourth-order valence-electron chi connectivity index (χ4n) is 2.06. The summed E-state index contributed by atoms with van der Waals surface area (Å²) in [6.45, 7) is 6.53. The lowest BCUT2D eigenvalue weighted by Gasteiger charge is -2.37. The van der Waals surface area contributed by atoms with E-state index in [-0.39, 0.29) is 0 Å². The molecular weight excluding hydrogens is 188 g/mol. The summed E-state index contributed by atoms with van der Waals surface area (Å²) in [5, 5.41) is 14.9. The zero-order chi connectivity index (χ0) is 11.6. The van der Waals surface area contributed by atoms with Gasteiger partial charge in [-0.2, -0.15) is 5.26 Å². The van der Waals surface area contributed by atoms with Crippen molar-refractivity contribution in [2.45, 2.75) is 32.6 Å². The van der Waals surface area contributed by atoms with Crippen LogP contribution in [0.3, 0.4) is 0 Å². The van der Waals surface area contributed by atoms with Crippen LogP contribution in [-0.4, -0.2) is 37.2 Å². The van der Waals surface area contributed by atoms with Crippen LogP contribution in [-0.2, 0) is 0 Å². The van der Waals surface area contributed by atoms with Crippen LogP contribution in [0.1, 0.15) is 32.6 Å². The van der Waals surface area contributed by atoms with Gasteiger partial charge in [0.25, 0.3) is 0 Å². The Bertz CT molecular complexity index is 236. The molecule has 0 amide bonds. The van der Waals surface area contributed by atoms with Gasteiger partial charge in [-0.25, -0.2) is 0 Å². The number of hydrogen-bond donors (Lipinski definition) is 0. The van der Waals surface area contributed by atoms with Crippen molar-refractivity contribution < 1.29 is 4.48 Å². The summed E-state index contributed by atoms with van der Waals surface area (Å²) in [6.07, 6.45) is 7.00. The van der Waals surface area contributed by atoms with Crippen molar-refractivity contribution in [3.63, 3.8) is 0 Å². The van der Waals surface area contributed by atoms with E-state index in [1.54, 1.807) is 0 Å². The third-order valence-electron chi connectivity index (χ3n) is 2.76. The number of hydrogen-bond acceptors (Lipinski definition) is 2. The Balaban J connectivity index is 0.000000336. The van der Waals surface area contributed by atoms with Crippen LogP contribution in [0.15, 0.2) is 4.99 Å². The van der Waals surface area contributed by atoms with Crippen LogP contribution in [0.5, 0.6) is 0 Å². The predicted octanol–water partition coefficient (Wildman–Crippen LogP) is 2.24. The first kappa shape index (κ1) is 13.8. The third kappa shape index (κ3) is 6.84. The summed E-state index contributed by atoms with van der Waals surface area (Å²) < 4.78 is 1.34. The number of nitrogens with zero attached hydrogens (tertiary/aromatic N) is 4. The topological polar surface area (TPSA) is 58.5 Å². The number of piperidine rings is 1. The largest absolute Gasteiger partial charge is 0.422 e. The molecule has 0 N–H and O–H groups in total. The summed E-state index contributed by atoms with van der Waals surface area (Å²) in [4.78, 5) is 2.58. The summed E-state index contributed by atoms with van der Waals surface area (Å²) in [7, 11) is 2.41. The van der Waals surface area contributed by atoms with E-state index in [1.807, 2.05) is 0 Å². The molecule has 1 saturated heterocycles. The van der Waals surface area contributed by atoms with E-state index < -0.39 is 0 Å². The quantitative estimate of drug-likeness (QED) is 0.390. The molecule has 0 atom stereocenters. The highest BCUT2D eigenvalue weighted by molar-refractivity contribution is 5.46. The zero-order valence-electron chi connectivity index (χ0n) is 9.74. The van der Waals surface area contributed by atoms with Crippen LogP contribution in [0.2, 0.25) is 0 Å². The molecule has 0 aromatic rings. The molecule has 0 aromatic heterocycles. The molecule has 1 rings (SSSR count). The Hall–Kier alpha value is -1.17. The molecule has 1 heterocycles. The number of quaternary nitrogens is 1. The second-order valence-corrected chi connectivity index (χ2v) is 4.16. The first-order valence-electron chi connectivity index (χ1n) is 5.50. The Kier molecular flexibility index (Phi) is 7.53. The second-order valence-electron chi connectivity index (χ2n) is 4.16. The van der Waals surface area contributed by atoms with E-state index in [0.29, 0.717) is 0 Å². The molecule has 0 aliphatic carbocycles. The van der Waals surface area contributed by atoms with E-state index in [2.05, 4.69) is 19.0 Å². The lowest BCUT2D eigenvalue weighted by molar-refractivity contribution is -0.914. The van der Waals surface area contributed by atoms with Crippen LogP contribution in [0, 0.1) is 11.5 Å². The Morgan fingerprint density at radius 3 is 2.27 bits per heavy atom. The van der Waals surface area contributed by atoms with E-state index >= 15 is 0 Å². The van der Waals surface area contributed by atoms with Crippen molar-refractivity contribution in [1.29, 1.82) is 5.26 Å². The van der Waals surface area contributed by atoms with Crippen molar-refractivity contribution in [3.8, 4) is 6.19 Å². The molecule has 84 valence electrons. The highest BCUT2D eigenvalue weighted by atomic mass is 15.3. The molecule has 15 heavy (non-hydrogen) atoms. The predicted molar refractivity (Wildman–Crippen MR) is 61.3 cm³/mol. The third-order valence-corrected chi connectivity index (χ3v) is 2.76. The maximum atomic E-state index is 7.43. The Morgan fingerprint density at radius 1 is 1.33 bits per heavy atom. The van der Waals surface area contributed by atoms with Crippen LogP contribution in [0.25, 0.3) is 5.41 Å². The first-order valence-corrected chi connectivity index (χ1v) is 5.50. The van der Waals surface area contributed by atoms with Gasteiger partial charge in [0.2, 0.25) is 0 Å². The fourth-order valence-corrected chi connectivity index (χ4v) is 2.06. The molecule has 1 aliphatic heterocycles. The van der Waals surface area contributed by atoms with Crippen LogP contribution >= 0.6 is 0 Å². The van der Waals surface area contributed by atoms with Gasteiger partial charge in [-0.15, -0.1) is 6.01 Å². The molecular formula is C11H20N4. The van der Waals surface area contributed by atoms with Gasteiger partial charge in [-0.05, 0) is 25.7 Å². The standard InChI is InChI=1S/C9H20N.C2N3/c1-3-7-10(2)8-5-4-6-9-10;3-1-5-2-4/h3-9H2,1-2H3;/q+1;-1. The van der Waals surface area contributed by atoms with Crippen LogP contribution in [0.4, 0.5) is 0 Å². The zero-order valence-corrected chi connectivity index (χ0v) is 9.74. The number of aliphatic imine (C=N–C) groups is 1. The molecule has 1 aliphatic rings. The van der Waals surface area contributed by atoms with Gasteiger partial charge < -0.3 is 14.9 Å². The number of likely N-dealkylation sites (tertiary alicyclic amines) is 1. The van der Waals surface area contributed by atoms with E-state index in [1.165, 1.54) is 62.0 Å². The van der Waals surface area contributed by atoms with Crippen LogP contribution < -0.4 is 0 Å².